The van der Waals surface area contributed by atoms with Crippen LogP contribution in [0.15, 0.2) is 30.3 Å². The van der Waals surface area contributed by atoms with Crippen LogP contribution in [0.1, 0.15) is 51.0 Å². The summed E-state index contributed by atoms with van der Waals surface area (Å²) in [5.41, 5.74) is 0.153. The SMILES string of the molecule is C[C@]1(CCc2ccccc2)NC(=O)N(CC(=O)NCC2CCCCC2)C1=O. The number of hydrogen-bond acceptors (Lipinski definition) is 3. The fourth-order valence-corrected chi connectivity index (χ4v) is 3.95. The van der Waals surface area contributed by atoms with Crippen LogP contribution in [-0.4, -0.2) is 41.4 Å². The highest BCUT2D eigenvalue weighted by Gasteiger charge is 2.47. The van der Waals surface area contributed by atoms with E-state index < -0.39 is 11.6 Å². The van der Waals surface area contributed by atoms with Crippen molar-refractivity contribution in [3.05, 3.63) is 35.9 Å². The van der Waals surface area contributed by atoms with Crippen LogP contribution in [0, 0.1) is 5.92 Å². The predicted molar refractivity (Wildman–Crippen MR) is 103 cm³/mol. The molecule has 1 aliphatic heterocycles. The third-order valence-electron chi connectivity index (χ3n) is 5.72. The molecule has 27 heavy (non-hydrogen) atoms. The van der Waals surface area contributed by atoms with Gasteiger partial charge < -0.3 is 10.6 Å². The Hall–Kier alpha value is -2.37. The molecule has 0 bridgehead atoms. The lowest BCUT2D eigenvalue weighted by molar-refractivity contribution is -0.134. The molecule has 4 amide bonds. The summed E-state index contributed by atoms with van der Waals surface area (Å²) in [6.07, 6.45) is 7.17. The third kappa shape index (κ3) is 4.87. The lowest BCUT2D eigenvalue weighted by Gasteiger charge is -2.23. The van der Waals surface area contributed by atoms with E-state index in [1.807, 2.05) is 30.3 Å². The summed E-state index contributed by atoms with van der Waals surface area (Å²) in [7, 11) is 0. The molecular weight excluding hydrogens is 342 g/mol. The first-order valence-corrected chi connectivity index (χ1v) is 9.93. The van der Waals surface area contributed by atoms with Crippen LogP contribution in [0.5, 0.6) is 0 Å². The summed E-state index contributed by atoms with van der Waals surface area (Å²) in [6, 6.07) is 9.37. The number of aryl methyl sites for hydroxylation is 1. The van der Waals surface area contributed by atoms with E-state index >= 15 is 0 Å². The Morgan fingerprint density at radius 1 is 1.19 bits per heavy atom. The molecule has 1 saturated heterocycles. The lowest BCUT2D eigenvalue weighted by Crippen LogP contribution is -2.45. The Morgan fingerprint density at radius 2 is 1.89 bits per heavy atom. The molecule has 2 aliphatic rings. The Labute approximate surface area is 160 Å². The largest absolute Gasteiger partial charge is 0.354 e. The van der Waals surface area contributed by atoms with Gasteiger partial charge in [0.2, 0.25) is 5.91 Å². The molecule has 2 N–H and O–H groups in total. The van der Waals surface area contributed by atoms with E-state index in [4.69, 9.17) is 0 Å². The second-order valence-corrected chi connectivity index (χ2v) is 7.95. The van der Waals surface area contributed by atoms with Crippen molar-refractivity contribution < 1.29 is 14.4 Å². The summed E-state index contributed by atoms with van der Waals surface area (Å²) >= 11 is 0. The Kier molecular flexibility index (Phi) is 6.14. The van der Waals surface area contributed by atoms with Crippen molar-refractivity contribution in [3.63, 3.8) is 0 Å². The molecule has 0 unspecified atom stereocenters. The molecule has 1 heterocycles. The van der Waals surface area contributed by atoms with Crippen LogP contribution in [0.3, 0.4) is 0 Å². The number of rotatable bonds is 7. The summed E-state index contributed by atoms with van der Waals surface area (Å²) < 4.78 is 0. The van der Waals surface area contributed by atoms with Gasteiger partial charge in [-0.05, 0) is 44.1 Å². The fraction of sp³-hybridized carbons (Fsp3) is 0.571. The molecule has 6 nitrogen and oxygen atoms in total. The van der Waals surface area contributed by atoms with E-state index in [1.54, 1.807) is 6.92 Å². The highest BCUT2D eigenvalue weighted by atomic mass is 16.2. The number of imide groups is 1. The number of nitrogens with one attached hydrogen (secondary N) is 2. The fourth-order valence-electron chi connectivity index (χ4n) is 3.95. The zero-order valence-corrected chi connectivity index (χ0v) is 16.0. The average Bonchev–Trinajstić information content (AvgIpc) is 2.90. The van der Waals surface area contributed by atoms with Crippen LogP contribution in [0.2, 0.25) is 0 Å². The van der Waals surface area contributed by atoms with Crippen molar-refractivity contribution >= 4 is 17.8 Å². The molecule has 0 aromatic heterocycles. The van der Waals surface area contributed by atoms with Gasteiger partial charge in [0, 0.05) is 6.54 Å². The Morgan fingerprint density at radius 3 is 2.59 bits per heavy atom. The molecule has 1 saturated carbocycles. The van der Waals surface area contributed by atoms with Gasteiger partial charge in [0.15, 0.2) is 0 Å². The van der Waals surface area contributed by atoms with E-state index in [-0.39, 0.29) is 18.4 Å². The minimum absolute atomic E-state index is 0.210. The normalized spacial score (nSPS) is 23.4. The van der Waals surface area contributed by atoms with Gasteiger partial charge in [0.1, 0.15) is 12.1 Å². The van der Waals surface area contributed by atoms with Gasteiger partial charge in [-0.2, -0.15) is 0 Å². The van der Waals surface area contributed by atoms with Gasteiger partial charge in [-0.3, -0.25) is 14.5 Å². The van der Waals surface area contributed by atoms with Crippen molar-refractivity contribution in [1.82, 2.24) is 15.5 Å². The molecule has 146 valence electrons. The highest BCUT2D eigenvalue weighted by molar-refractivity contribution is 6.08. The molecule has 3 rings (SSSR count). The summed E-state index contributed by atoms with van der Waals surface area (Å²) in [5.74, 6) is -0.0745. The maximum Gasteiger partial charge on any atom is 0.325 e. The van der Waals surface area contributed by atoms with Gasteiger partial charge in [-0.25, -0.2) is 4.79 Å². The van der Waals surface area contributed by atoms with Crippen LogP contribution >= 0.6 is 0 Å². The maximum absolute atomic E-state index is 12.8. The van der Waals surface area contributed by atoms with Crippen LogP contribution < -0.4 is 10.6 Å². The zero-order chi connectivity index (χ0) is 19.3. The zero-order valence-electron chi connectivity index (χ0n) is 16.0. The van der Waals surface area contributed by atoms with Gasteiger partial charge in [-0.1, -0.05) is 49.6 Å². The van der Waals surface area contributed by atoms with Gasteiger partial charge in [0.05, 0.1) is 0 Å². The smallest absolute Gasteiger partial charge is 0.325 e. The molecule has 1 aromatic rings. The quantitative estimate of drug-likeness (QED) is 0.723. The number of amides is 4. The number of carbonyl (C=O) groups excluding carboxylic acids is 3. The van der Waals surface area contributed by atoms with Gasteiger partial charge in [0.25, 0.3) is 5.91 Å². The topological polar surface area (TPSA) is 78.5 Å². The van der Waals surface area contributed by atoms with Crippen molar-refractivity contribution in [3.8, 4) is 0 Å². The second kappa shape index (κ2) is 8.55. The van der Waals surface area contributed by atoms with E-state index in [2.05, 4.69) is 10.6 Å². The van der Waals surface area contributed by atoms with E-state index in [1.165, 1.54) is 19.3 Å². The van der Waals surface area contributed by atoms with Gasteiger partial charge in [-0.15, -0.1) is 0 Å². The molecule has 1 atom stereocenters. The van der Waals surface area contributed by atoms with Crippen LogP contribution in [0.25, 0.3) is 0 Å². The van der Waals surface area contributed by atoms with Crippen LogP contribution in [0.4, 0.5) is 4.79 Å². The lowest BCUT2D eigenvalue weighted by atomic mass is 9.89. The summed E-state index contributed by atoms with van der Waals surface area (Å²) in [4.78, 5) is 38.3. The highest BCUT2D eigenvalue weighted by Crippen LogP contribution is 2.24. The summed E-state index contributed by atoms with van der Waals surface area (Å²) in [6.45, 7) is 2.15. The van der Waals surface area contributed by atoms with Crippen molar-refractivity contribution in [2.45, 2.75) is 57.4 Å². The van der Waals surface area contributed by atoms with Crippen LogP contribution in [-0.2, 0) is 16.0 Å². The average molecular weight is 371 g/mol. The first kappa shape index (κ1) is 19.4. The van der Waals surface area contributed by atoms with E-state index in [0.717, 1.165) is 23.3 Å². The Balaban J connectivity index is 1.51. The maximum atomic E-state index is 12.8. The second-order valence-electron chi connectivity index (χ2n) is 7.95. The molecule has 0 radical (unpaired) electrons. The standard InChI is InChI=1S/C21H29N3O3/c1-21(13-12-16-8-4-2-5-9-16)19(26)24(20(27)23-21)15-18(25)22-14-17-10-6-3-7-11-17/h2,4-5,8-9,17H,3,6-7,10-15H2,1H3,(H,22,25)(H,23,27)/t21-/m1/s1. The number of nitrogens with zero attached hydrogens (tertiary/aromatic N) is 1. The van der Waals surface area contributed by atoms with Crippen molar-refractivity contribution in [2.75, 3.05) is 13.1 Å². The minimum atomic E-state index is -0.962. The molecular formula is C21H29N3O3. The first-order chi connectivity index (χ1) is 13.0. The number of urea groups is 1. The summed E-state index contributed by atoms with van der Waals surface area (Å²) in [5, 5.41) is 5.66. The number of carbonyl (C=O) groups is 3. The predicted octanol–water partition coefficient (Wildman–Crippen LogP) is 2.63. The van der Waals surface area contributed by atoms with E-state index in [9.17, 15) is 14.4 Å². The monoisotopic (exact) mass is 371 g/mol. The van der Waals surface area contributed by atoms with Crippen molar-refractivity contribution in [2.24, 2.45) is 5.92 Å². The Bertz CT molecular complexity index is 685. The van der Waals surface area contributed by atoms with E-state index in [0.29, 0.717) is 25.3 Å². The first-order valence-electron chi connectivity index (χ1n) is 9.93. The minimum Gasteiger partial charge on any atom is -0.354 e. The molecule has 6 heteroatoms. The number of hydrogen-bond donors (Lipinski definition) is 2. The van der Waals surface area contributed by atoms with Gasteiger partial charge >= 0.3 is 6.03 Å². The molecule has 1 aromatic carbocycles. The third-order valence-corrected chi connectivity index (χ3v) is 5.72. The number of benzene rings is 1. The molecule has 0 spiro atoms. The van der Waals surface area contributed by atoms with Crippen molar-refractivity contribution in [1.29, 1.82) is 0 Å². The molecule has 1 aliphatic carbocycles. The molecule has 2 fully saturated rings.